The lowest BCUT2D eigenvalue weighted by Gasteiger charge is -2.10. The molecule has 0 N–H and O–H groups in total. The zero-order valence-corrected chi connectivity index (χ0v) is 11.3. The molecule has 4 heteroatoms. The van der Waals surface area contributed by atoms with Gasteiger partial charge in [0, 0.05) is 16.2 Å². The van der Waals surface area contributed by atoms with Gasteiger partial charge in [0.1, 0.15) is 0 Å². The normalized spacial score (nSPS) is 10.7. The van der Waals surface area contributed by atoms with Gasteiger partial charge in [0.2, 0.25) is 5.88 Å². The summed E-state index contributed by atoms with van der Waals surface area (Å²) < 4.78 is 6.50. The molecule has 0 amide bonds. The summed E-state index contributed by atoms with van der Waals surface area (Å²) in [4.78, 5) is 4.19. The average Bonchev–Trinajstić information content (AvgIpc) is 2.19. The molecule has 15 heavy (non-hydrogen) atoms. The number of hydrogen-bond donors (Lipinski definition) is 0. The summed E-state index contributed by atoms with van der Waals surface area (Å²) in [6.45, 7) is 5.03. The Morgan fingerprint density at radius 2 is 2.27 bits per heavy atom. The summed E-state index contributed by atoms with van der Waals surface area (Å²) in [5.41, 5.74) is 0.926. The number of hydrogen-bond acceptors (Lipinski definition) is 2. The van der Waals surface area contributed by atoms with Crippen LogP contribution in [0.15, 0.2) is 16.7 Å². The second-order valence-electron chi connectivity index (χ2n) is 3.78. The van der Waals surface area contributed by atoms with E-state index in [-0.39, 0.29) is 0 Å². The van der Waals surface area contributed by atoms with E-state index in [2.05, 4.69) is 34.8 Å². The molecule has 0 bridgehead atoms. The SMILES string of the molecule is CC(C)CCOc1ncc(Br)cc1CCl. The molecule has 0 radical (unpaired) electrons. The zero-order valence-electron chi connectivity index (χ0n) is 8.96. The molecule has 84 valence electrons. The Kier molecular flexibility index (Phi) is 5.40. The first-order valence-electron chi connectivity index (χ1n) is 4.96. The maximum absolute atomic E-state index is 5.80. The highest BCUT2D eigenvalue weighted by molar-refractivity contribution is 9.10. The first-order valence-corrected chi connectivity index (χ1v) is 6.29. The molecule has 1 aromatic rings. The van der Waals surface area contributed by atoms with E-state index in [4.69, 9.17) is 16.3 Å². The molecule has 0 aliphatic rings. The van der Waals surface area contributed by atoms with E-state index in [1.807, 2.05) is 6.07 Å². The van der Waals surface area contributed by atoms with Crippen LogP contribution in [0.4, 0.5) is 0 Å². The second kappa shape index (κ2) is 6.33. The molecule has 1 heterocycles. The van der Waals surface area contributed by atoms with Gasteiger partial charge in [-0.25, -0.2) is 4.98 Å². The van der Waals surface area contributed by atoms with E-state index < -0.39 is 0 Å². The summed E-state index contributed by atoms with van der Waals surface area (Å²) in [6, 6.07) is 1.94. The Hall–Kier alpha value is -0.280. The van der Waals surface area contributed by atoms with Crippen LogP contribution in [0.3, 0.4) is 0 Å². The summed E-state index contributed by atoms with van der Waals surface area (Å²) >= 11 is 9.16. The van der Waals surface area contributed by atoms with Crippen molar-refractivity contribution in [3.8, 4) is 5.88 Å². The number of aromatic nitrogens is 1. The minimum Gasteiger partial charge on any atom is -0.477 e. The molecule has 1 aromatic heterocycles. The minimum absolute atomic E-state index is 0.420. The monoisotopic (exact) mass is 291 g/mol. The molecule has 0 unspecified atom stereocenters. The maximum atomic E-state index is 5.80. The smallest absolute Gasteiger partial charge is 0.217 e. The predicted molar refractivity (Wildman–Crippen MR) is 66.4 cm³/mol. The second-order valence-corrected chi connectivity index (χ2v) is 4.97. The fourth-order valence-corrected chi connectivity index (χ4v) is 1.66. The Labute approximate surface area is 104 Å². The third-order valence-corrected chi connectivity index (χ3v) is 2.69. The fourth-order valence-electron chi connectivity index (χ4n) is 1.09. The Bertz CT molecular complexity index is 317. The van der Waals surface area contributed by atoms with E-state index in [1.165, 1.54) is 0 Å². The molecule has 0 aromatic carbocycles. The van der Waals surface area contributed by atoms with Gasteiger partial charge >= 0.3 is 0 Å². The molecule has 0 aliphatic carbocycles. The first kappa shape index (κ1) is 12.8. The summed E-state index contributed by atoms with van der Waals surface area (Å²) in [6.07, 6.45) is 2.75. The number of halogens is 2. The Morgan fingerprint density at radius 1 is 1.53 bits per heavy atom. The lowest BCUT2D eigenvalue weighted by molar-refractivity contribution is 0.277. The molecule has 0 saturated carbocycles. The lowest BCUT2D eigenvalue weighted by atomic mass is 10.1. The number of nitrogens with zero attached hydrogens (tertiary/aromatic N) is 1. The van der Waals surface area contributed by atoms with Gasteiger partial charge in [0.05, 0.1) is 12.5 Å². The Morgan fingerprint density at radius 3 is 2.87 bits per heavy atom. The van der Waals surface area contributed by atoms with E-state index in [0.717, 1.165) is 16.5 Å². The molecule has 0 atom stereocenters. The average molecular weight is 293 g/mol. The van der Waals surface area contributed by atoms with Gasteiger partial charge in [0.15, 0.2) is 0 Å². The zero-order chi connectivity index (χ0) is 11.3. The van der Waals surface area contributed by atoms with Crippen molar-refractivity contribution in [3.63, 3.8) is 0 Å². The van der Waals surface area contributed by atoms with E-state index in [0.29, 0.717) is 24.3 Å². The van der Waals surface area contributed by atoms with Crippen molar-refractivity contribution in [2.24, 2.45) is 5.92 Å². The van der Waals surface area contributed by atoms with Crippen molar-refractivity contribution in [2.45, 2.75) is 26.1 Å². The third-order valence-electron chi connectivity index (χ3n) is 1.97. The number of rotatable bonds is 5. The van der Waals surface area contributed by atoms with Crippen molar-refractivity contribution in [2.75, 3.05) is 6.61 Å². The van der Waals surface area contributed by atoms with Crippen LogP contribution in [0.25, 0.3) is 0 Å². The van der Waals surface area contributed by atoms with Crippen molar-refractivity contribution in [1.29, 1.82) is 0 Å². The number of ether oxygens (including phenoxy) is 1. The largest absolute Gasteiger partial charge is 0.477 e. The molecule has 0 spiro atoms. The molecule has 0 saturated heterocycles. The summed E-state index contributed by atoms with van der Waals surface area (Å²) in [7, 11) is 0. The van der Waals surface area contributed by atoms with Gasteiger partial charge in [-0.1, -0.05) is 13.8 Å². The van der Waals surface area contributed by atoms with E-state index in [1.54, 1.807) is 6.20 Å². The lowest BCUT2D eigenvalue weighted by Crippen LogP contribution is -2.04. The predicted octanol–water partition coefficient (Wildman–Crippen LogP) is 4.01. The summed E-state index contributed by atoms with van der Waals surface area (Å²) in [5, 5.41) is 0. The number of pyridine rings is 1. The van der Waals surface area contributed by atoms with Gasteiger partial charge in [-0.05, 0) is 34.3 Å². The molecular formula is C11H15BrClNO. The third kappa shape index (κ3) is 4.39. The molecule has 2 nitrogen and oxygen atoms in total. The fraction of sp³-hybridized carbons (Fsp3) is 0.545. The van der Waals surface area contributed by atoms with Gasteiger partial charge in [-0.15, -0.1) is 11.6 Å². The van der Waals surface area contributed by atoms with Gasteiger partial charge in [-0.3, -0.25) is 0 Å². The van der Waals surface area contributed by atoms with Gasteiger partial charge in [0.25, 0.3) is 0 Å². The van der Waals surface area contributed by atoms with Crippen molar-refractivity contribution in [1.82, 2.24) is 4.98 Å². The molecule has 0 aliphatic heterocycles. The van der Waals surface area contributed by atoms with Crippen LogP contribution in [0.2, 0.25) is 0 Å². The minimum atomic E-state index is 0.420. The van der Waals surface area contributed by atoms with Crippen LogP contribution in [0.1, 0.15) is 25.8 Å². The first-order chi connectivity index (χ1) is 7.13. The van der Waals surface area contributed by atoms with Crippen LogP contribution in [0, 0.1) is 5.92 Å². The van der Waals surface area contributed by atoms with Crippen LogP contribution in [0.5, 0.6) is 5.88 Å². The quantitative estimate of drug-likeness (QED) is 0.765. The Balaban J connectivity index is 2.60. The van der Waals surface area contributed by atoms with Crippen molar-refractivity contribution >= 4 is 27.5 Å². The molecular weight excluding hydrogens is 277 g/mol. The van der Waals surface area contributed by atoms with Crippen LogP contribution >= 0.6 is 27.5 Å². The van der Waals surface area contributed by atoms with Crippen LogP contribution in [-0.4, -0.2) is 11.6 Å². The number of alkyl halides is 1. The highest BCUT2D eigenvalue weighted by atomic mass is 79.9. The standard InChI is InChI=1S/C11H15BrClNO/c1-8(2)3-4-15-11-9(6-13)5-10(12)7-14-11/h5,7-8H,3-4,6H2,1-2H3. The highest BCUT2D eigenvalue weighted by Crippen LogP contribution is 2.21. The summed E-state index contributed by atoms with van der Waals surface area (Å²) in [5.74, 6) is 1.71. The van der Waals surface area contributed by atoms with Gasteiger partial charge in [-0.2, -0.15) is 0 Å². The van der Waals surface area contributed by atoms with Gasteiger partial charge < -0.3 is 4.74 Å². The van der Waals surface area contributed by atoms with Crippen LogP contribution in [-0.2, 0) is 5.88 Å². The molecule has 1 rings (SSSR count). The van der Waals surface area contributed by atoms with Crippen LogP contribution < -0.4 is 4.74 Å². The highest BCUT2D eigenvalue weighted by Gasteiger charge is 2.05. The van der Waals surface area contributed by atoms with E-state index in [9.17, 15) is 0 Å². The van der Waals surface area contributed by atoms with E-state index >= 15 is 0 Å². The van der Waals surface area contributed by atoms with Crippen molar-refractivity contribution in [3.05, 3.63) is 22.3 Å². The molecule has 0 fully saturated rings. The topological polar surface area (TPSA) is 22.1 Å². The maximum Gasteiger partial charge on any atom is 0.217 e. The van der Waals surface area contributed by atoms with Crippen molar-refractivity contribution < 1.29 is 4.74 Å².